The van der Waals surface area contributed by atoms with Crippen molar-refractivity contribution >= 4 is 37.3 Å². The molecule has 0 bridgehead atoms. The van der Waals surface area contributed by atoms with E-state index in [2.05, 4.69) is 25.8 Å². The van der Waals surface area contributed by atoms with Gasteiger partial charge < -0.3 is 15.5 Å². The van der Waals surface area contributed by atoms with Gasteiger partial charge in [0.05, 0.1) is 9.79 Å². The van der Waals surface area contributed by atoms with E-state index in [1.165, 1.54) is 18.2 Å². The van der Waals surface area contributed by atoms with E-state index in [1.54, 1.807) is 18.2 Å². The fourth-order valence-corrected chi connectivity index (χ4v) is 3.93. The highest BCUT2D eigenvalue weighted by Crippen LogP contribution is 2.27. The Bertz CT molecular complexity index is 807. The highest BCUT2D eigenvalue weighted by Gasteiger charge is 2.20. The Balaban J connectivity index is 2.38. The number of aromatic nitrogens is 1. The van der Waals surface area contributed by atoms with Crippen molar-refractivity contribution < 1.29 is 8.42 Å². The lowest BCUT2D eigenvalue weighted by atomic mass is 10.3. The molecule has 0 aliphatic rings. The number of likely N-dealkylation sites (N-methyl/N-ethyl adjacent to an activating group) is 2. The van der Waals surface area contributed by atoms with Crippen LogP contribution in [0.3, 0.4) is 0 Å². The molecular formula is C16H21BrN4O2S. The normalized spacial score (nSPS) is 11.7. The Morgan fingerprint density at radius 2 is 1.67 bits per heavy atom. The van der Waals surface area contributed by atoms with Crippen LogP contribution in [0.2, 0.25) is 0 Å². The smallest absolute Gasteiger partial charge is 0.206 e. The molecule has 0 radical (unpaired) electrons. The van der Waals surface area contributed by atoms with Crippen LogP contribution in [0.5, 0.6) is 0 Å². The van der Waals surface area contributed by atoms with Gasteiger partial charge >= 0.3 is 0 Å². The molecule has 0 aliphatic heterocycles. The second-order valence-electron chi connectivity index (χ2n) is 5.78. The van der Waals surface area contributed by atoms with E-state index in [0.717, 1.165) is 13.1 Å². The molecule has 130 valence electrons. The molecule has 0 atom stereocenters. The van der Waals surface area contributed by atoms with Gasteiger partial charge in [-0.1, -0.05) is 0 Å². The predicted octanol–water partition coefficient (Wildman–Crippen LogP) is 2.26. The van der Waals surface area contributed by atoms with Crippen molar-refractivity contribution in [1.82, 2.24) is 9.88 Å². The standard InChI is InChI=1S/C16H21BrN4O2S/c1-20(2)8-9-21(3)16-11-14(10-15(17)19-16)24(22,23)13-6-4-12(18)5-7-13/h4-7,10-11H,8-9,18H2,1-3H3. The van der Waals surface area contributed by atoms with Gasteiger partial charge in [0.2, 0.25) is 9.84 Å². The van der Waals surface area contributed by atoms with Crippen LogP contribution in [0, 0.1) is 0 Å². The van der Waals surface area contributed by atoms with E-state index in [9.17, 15) is 8.42 Å². The number of anilines is 2. The number of pyridine rings is 1. The minimum absolute atomic E-state index is 0.195. The van der Waals surface area contributed by atoms with E-state index >= 15 is 0 Å². The molecule has 6 nitrogen and oxygen atoms in total. The summed E-state index contributed by atoms with van der Waals surface area (Å²) in [5.74, 6) is 0.597. The zero-order chi connectivity index (χ0) is 17.9. The molecule has 0 fully saturated rings. The first-order chi connectivity index (χ1) is 11.2. The van der Waals surface area contributed by atoms with Gasteiger partial charge in [0.15, 0.2) is 0 Å². The molecule has 2 aromatic rings. The van der Waals surface area contributed by atoms with Gasteiger partial charge in [-0.3, -0.25) is 0 Å². The highest BCUT2D eigenvalue weighted by atomic mass is 79.9. The maximum absolute atomic E-state index is 12.8. The minimum Gasteiger partial charge on any atom is -0.399 e. The lowest BCUT2D eigenvalue weighted by Crippen LogP contribution is -2.29. The Kier molecular flexibility index (Phi) is 5.84. The van der Waals surface area contributed by atoms with Crippen LogP contribution in [0.1, 0.15) is 0 Å². The minimum atomic E-state index is -3.63. The summed E-state index contributed by atoms with van der Waals surface area (Å²) in [6, 6.07) is 9.27. The van der Waals surface area contributed by atoms with Crippen molar-refractivity contribution in [3.8, 4) is 0 Å². The third-order valence-corrected chi connectivity index (χ3v) is 5.68. The van der Waals surface area contributed by atoms with Gasteiger partial charge in [-0.05, 0) is 66.4 Å². The summed E-state index contributed by atoms with van der Waals surface area (Å²) < 4.78 is 26.1. The van der Waals surface area contributed by atoms with Crippen molar-refractivity contribution in [1.29, 1.82) is 0 Å². The van der Waals surface area contributed by atoms with E-state index < -0.39 is 9.84 Å². The van der Waals surface area contributed by atoms with Crippen LogP contribution >= 0.6 is 15.9 Å². The average Bonchev–Trinajstić information content (AvgIpc) is 2.52. The second kappa shape index (κ2) is 7.50. The molecule has 0 unspecified atom stereocenters. The molecule has 2 rings (SSSR count). The quantitative estimate of drug-likeness (QED) is 0.578. The van der Waals surface area contributed by atoms with Crippen molar-refractivity contribution in [3.05, 3.63) is 41.0 Å². The lowest BCUT2D eigenvalue weighted by Gasteiger charge is -2.21. The number of nitrogen functional groups attached to an aromatic ring is 1. The van der Waals surface area contributed by atoms with Gasteiger partial charge in [0.1, 0.15) is 10.4 Å². The summed E-state index contributed by atoms with van der Waals surface area (Å²) in [5.41, 5.74) is 6.15. The van der Waals surface area contributed by atoms with Crippen molar-refractivity contribution in [2.45, 2.75) is 9.79 Å². The molecule has 0 amide bonds. The van der Waals surface area contributed by atoms with Crippen LogP contribution in [-0.2, 0) is 9.84 Å². The van der Waals surface area contributed by atoms with Gasteiger partial charge in [0, 0.05) is 25.8 Å². The summed E-state index contributed by atoms with van der Waals surface area (Å²) >= 11 is 3.31. The first-order valence-corrected chi connectivity index (χ1v) is 9.62. The zero-order valence-corrected chi connectivity index (χ0v) is 16.3. The van der Waals surface area contributed by atoms with Gasteiger partial charge in [-0.2, -0.15) is 0 Å². The summed E-state index contributed by atoms with van der Waals surface area (Å²) in [5, 5.41) is 0. The molecular weight excluding hydrogens is 392 g/mol. The molecule has 0 saturated carbocycles. The van der Waals surface area contributed by atoms with Crippen molar-refractivity contribution in [2.24, 2.45) is 0 Å². The van der Waals surface area contributed by atoms with Crippen LogP contribution in [-0.4, -0.2) is 52.5 Å². The number of halogens is 1. The fourth-order valence-electron chi connectivity index (χ4n) is 2.06. The van der Waals surface area contributed by atoms with E-state index in [4.69, 9.17) is 5.73 Å². The Morgan fingerprint density at radius 1 is 1.04 bits per heavy atom. The largest absolute Gasteiger partial charge is 0.399 e. The Morgan fingerprint density at radius 3 is 2.25 bits per heavy atom. The number of hydrogen-bond donors (Lipinski definition) is 1. The molecule has 0 aliphatic carbocycles. The van der Waals surface area contributed by atoms with Crippen LogP contribution in [0.15, 0.2) is 50.8 Å². The molecule has 0 saturated heterocycles. The first kappa shape index (κ1) is 18.7. The molecule has 24 heavy (non-hydrogen) atoms. The zero-order valence-electron chi connectivity index (χ0n) is 13.9. The van der Waals surface area contributed by atoms with Gasteiger partial charge in [-0.15, -0.1) is 0 Å². The number of hydrogen-bond acceptors (Lipinski definition) is 6. The summed E-state index contributed by atoms with van der Waals surface area (Å²) in [6.45, 7) is 1.57. The molecule has 1 aromatic heterocycles. The van der Waals surface area contributed by atoms with Crippen molar-refractivity contribution in [2.75, 3.05) is 44.9 Å². The predicted molar refractivity (Wildman–Crippen MR) is 100 cm³/mol. The van der Waals surface area contributed by atoms with Gasteiger partial charge in [0.25, 0.3) is 0 Å². The molecule has 1 aromatic carbocycles. The van der Waals surface area contributed by atoms with Crippen LogP contribution < -0.4 is 10.6 Å². The summed E-state index contributed by atoms with van der Waals surface area (Å²) in [6.07, 6.45) is 0. The number of rotatable bonds is 6. The maximum Gasteiger partial charge on any atom is 0.206 e. The Labute approximate surface area is 151 Å². The van der Waals surface area contributed by atoms with Crippen LogP contribution in [0.25, 0.3) is 0 Å². The Hall–Kier alpha value is -1.64. The molecule has 8 heteroatoms. The number of nitrogens with two attached hydrogens (primary N) is 1. The number of sulfone groups is 1. The number of nitrogens with zero attached hydrogens (tertiary/aromatic N) is 3. The highest BCUT2D eigenvalue weighted by molar-refractivity contribution is 9.10. The van der Waals surface area contributed by atoms with Crippen LogP contribution in [0.4, 0.5) is 11.5 Å². The molecule has 2 N–H and O–H groups in total. The van der Waals surface area contributed by atoms with Crippen molar-refractivity contribution in [3.63, 3.8) is 0 Å². The number of benzene rings is 1. The van der Waals surface area contributed by atoms with E-state index in [0.29, 0.717) is 16.1 Å². The monoisotopic (exact) mass is 412 g/mol. The molecule has 0 spiro atoms. The van der Waals surface area contributed by atoms with E-state index in [-0.39, 0.29) is 9.79 Å². The fraction of sp³-hybridized carbons (Fsp3) is 0.312. The van der Waals surface area contributed by atoms with E-state index in [1.807, 2.05) is 26.0 Å². The summed E-state index contributed by atoms with van der Waals surface area (Å²) in [4.78, 5) is 8.75. The molecule has 1 heterocycles. The third-order valence-electron chi connectivity index (χ3n) is 3.53. The third kappa shape index (κ3) is 4.46. The second-order valence-corrected chi connectivity index (χ2v) is 8.54. The average molecular weight is 413 g/mol. The van der Waals surface area contributed by atoms with Gasteiger partial charge in [-0.25, -0.2) is 13.4 Å². The topological polar surface area (TPSA) is 79.5 Å². The first-order valence-electron chi connectivity index (χ1n) is 7.34. The SMILES string of the molecule is CN(C)CCN(C)c1cc(S(=O)(=O)c2ccc(N)cc2)cc(Br)n1. The summed E-state index contributed by atoms with van der Waals surface area (Å²) in [7, 11) is 2.23. The lowest BCUT2D eigenvalue weighted by molar-refractivity contribution is 0.416. The maximum atomic E-state index is 12.8.